The van der Waals surface area contributed by atoms with Gasteiger partial charge in [0, 0.05) is 10.8 Å². The van der Waals surface area contributed by atoms with Crippen LogP contribution in [0.4, 0.5) is 0 Å². The zero-order valence-corrected chi connectivity index (χ0v) is 10.3. The van der Waals surface area contributed by atoms with Gasteiger partial charge in [-0.2, -0.15) is 0 Å². The van der Waals surface area contributed by atoms with Crippen LogP contribution in [0.2, 0.25) is 0 Å². The van der Waals surface area contributed by atoms with E-state index in [0.717, 1.165) is 35.6 Å². The molecule has 0 spiro atoms. The minimum absolute atomic E-state index is 0.0372. The third-order valence-electron chi connectivity index (χ3n) is 3.94. The highest BCUT2D eigenvalue weighted by Crippen LogP contribution is 2.37. The Balaban J connectivity index is 2.37. The summed E-state index contributed by atoms with van der Waals surface area (Å²) in [6.45, 7) is 0. The number of aromatic hydroxyl groups is 1. The maximum atomic E-state index is 12.1. The van der Waals surface area contributed by atoms with Crippen LogP contribution in [0, 0.1) is 0 Å². The summed E-state index contributed by atoms with van der Waals surface area (Å²) < 4.78 is 5.30. The van der Waals surface area contributed by atoms with Gasteiger partial charge in [0.1, 0.15) is 16.7 Å². The molecule has 0 bridgehead atoms. The molecule has 4 rings (SSSR count). The quantitative estimate of drug-likeness (QED) is 0.494. The van der Waals surface area contributed by atoms with E-state index in [9.17, 15) is 9.90 Å². The Morgan fingerprint density at radius 3 is 2.84 bits per heavy atom. The molecule has 0 saturated heterocycles. The van der Waals surface area contributed by atoms with Crippen LogP contribution in [0.5, 0.6) is 5.75 Å². The summed E-state index contributed by atoms with van der Waals surface area (Å²) in [6, 6.07) is 9.23. The van der Waals surface area contributed by atoms with Gasteiger partial charge in [-0.05, 0) is 42.5 Å². The maximum Gasteiger partial charge on any atom is 0.347 e. The van der Waals surface area contributed by atoms with Gasteiger partial charge >= 0.3 is 5.63 Å². The lowest BCUT2D eigenvalue weighted by Crippen LogP contribution is -2.02. The van der Waals surface area contributed by atoms with Gasteiger partial charge in [0.25, 0.3) is 0 Å². The van der Waals surface area contributed by atoms with E-state index in [-0.39, 0.29) is 5.75 Å². The molecule has 0 atom stereocenters. The van der Waals surface area contributed by atoms with Crippen LogP contribution >= 0.6 is 0 Å². The van der Waals surface area contributed by atoms with E-state index in [0.29, 0.717) is 11.0 Å². The normalized spacial score (nSPS) is 14.1. The lowest BCUT2D eigenvalue weighted by molar-refractivity contribution is 0.477. The molecular formula is C16H12O3. The fraction of sp³-hybridized carbons (Fsp3) is 0.188. The van der Waals surface area contributed by atoms with Crippen molar-refractivity contribution >= 4 is 21.7 Å². The first-order chi connectivity index (χ1) is 9.25. The molecule has 0 radical (unpaired) electrons. The molecule has 3 heteroatoms. The Kier molecular flexibility index (Phi) is 2.01. The zero-order chi connectivity index (χ0) is 13.0. The van der Waals surface area contributed by atoms with E-state index >= 15 is 0 Å². The van der Waals surface area contributed by atoms with Crippen LogP contribution in [0.3, 0.4) is 0 Å². The molecule has 0 unspecified atom stereocenters. The third-order valence-corrected chi connectivity index (χ3v) is 3.94. The van der Waals surface area contributed by atoms with Crippen LogP contribution < -0.4 is 5.63 Å². The average molecular weight is 252 g/mol. The van der Waals surface area contributed by atoms with Crippen LogP contribution in [-0.4, -0.2) is 5.11 Å². The minimum atomic E-state index is -0.457. The summed E-state index contributed by atoms with van der Waals surface area (Å²) in [5.74, 6) is 0.0372. The van der Waals surface area contributed by atoms with Crippen LogP contribution in [0.15, 0.2) is 39.5 Å². The fourth-order valence-electron chi connectivity index (χ4n) is 3.14. The molecular weight excluding hydrogens is 240 g/mol. The molecule has 3 nitrogen and oxygen atoms in total. The molecule has 0 amide bonds. The summed E-state index contributed by atoms with van der Waals surface area (Å²) in [5.41, 5.74) is 2.47. The van der Waals surface area contributed by atoms with Crippen molar-refractivity contribution in [1.82, 2.24) is 0 Å². The maximum absolute atomic E-state index is 12.1. The zero-order valence-electron chi connectivity index (χ0n) is 10.3. The van der Waals surface area contributed by atoms with Gasteiger partial charge in [0.2, 0.25) is 0 Å². The van der Waals surface area contributed by atoms with Crippen molar-refractivity contribution in [3.05, 3.63) is 51.9 Å². The molecule has 0 aliphatic heterocycles. The Hall–Kier alpha value is -2.29. The number of fused-ring (bicyclic) bond motifs is 5. The number of aryl methyl sites for hydroxylation is 2. The Morgan fingerprint density at radius 2 is 1.95 bits per heavy atom. The van der Waals surface area contributed by atoms with Crippen molar-refractivity contribution in [2.45, 2.75) is 19.3 Å². The monoisotopic (exact) mass is 252 g/mol. The van der Waals surface area contributed by atoms with E-state index in [4.69, 9.17) is 4.42 Å². The van der Waals surface area contributed by atoms with Gasteiger partial charge in [-0.1, -0.05) is 18.2 Å². The first-order valence-electron chi connectivity index (χ1n) is 6.45. The molecule has 0 saturated carbocycles. The summed E-state index contributed by atoms with van der Waals surface area (Å²) in [7, 11) is 0. The lowest BCUT2D eigenvalue weighted by atomic mass is 9.98. The average Bonchev–Trinajstić information content (AvgIpc) is 2.86. The SMILES string of the molecule is O=c1oc2ccccc2c2c3c(cc(O)c12)CCC3. The first-order valence-corrected chi connectivity index (χ1v) is 6.45. The summed E-state index contributed by atoms with van der Waals surface area (Å²) in [5, 5.41) is 12.2. The van der Waals surface area contributed by atoms with Crippen molar-refractivity contribution in [1.29, 1.82) is 0 Å². The first kappa shape index (κ1) is 10.6. The molecule has 1 heterocycles. The second kappa shape index (κ2) is 3.60. The van der Waals surface area contributed by atoms with Gasteiger partial charge in [0.15, 0.2) is 0 Å². The molecule has 1 aliphatic carbocycles. The highest BCUT2D eigenvalue weighted by atomic mass is 16.4. The number of para-hydroxylation sites is 1. The topological polar surface area (TPSA) is 50.4 Å². The van der Waals surface area contributed by atoms with Gasteiger partial charge in [-0.25, -0.2) is 4.79 Å². The van der Waals surface area contributed by atoms with Crippen molar-refractivity contribution in [2.24, 2.45) is 0 Å². The molecule has 0 fully saturated rings. The lowest BCUT2D eigenvalue weighted by Gasteiger charge is -2.09. The molecule has 2 aromatic carbocycles. The number of hydrogen-bond acceptors (Lipinski definition) is 3. The van der Waals surface area contributed by atoms with Gasteiger partial charge in [-0.15, -0.1) is 0 Å². The van der Waals surface area contributed by atoms with E-state index in [2.05, 4.69) is 0 Å². The number of phenolic OH excluding ortho intramolecular Hbond substituents is 1. The second-order valence-corrected chi connectivity index (χ2v) is 5.02. The minimum Gasteiger partial charge on any atom is -0.507 e. The van der Waals surface area contributed by atoms with Crippen molar-refractivity contribution < 1.29 is 9.52 Å². The van der Waals surface area contributed by atoms with Crippen LogP contribution in [-0.2, 0) is 12.8 Å². The Bertz CT molecular complexity index is 874. The van der Waals surface area contributed by atoms with Crippen molar-refractivity contribution in [2.75, 3.05) is 0 Å². The van der Waals surface area contributed by atoms with E-state index in [1.54, 1.807) is 12.1 Å². The molecule has 1 aromatic heterocycles. The molecule has 19 heavy (non-hydrogen) atoms. The number of hydrogen-bond donors (Lipinski definition) is 1. The molecule has 1 N–H and O–H groups in total. The van der Waals surface area contributed by atoms with Gasteiger partial charge < -0.3 is 9.52 Å². The highest BCUT2D eigenvalue weighted by molar-refractivity contribution is 6.08. The smallest absolute Gasteiger partial charge is 0.347 e. The number of rotatable bonds is 0. The highest BCUT2D eigenvalue weighted by Gasteiger charge is 2.21. The van der Waals surface area contributed by atoms with E-state index in [1.165, 1.54) is 5.56 Å². The van der Waals surface area contributed by atoms with E-state index < -0.39 is 5.63 Å². The molecule has 94 valence electrons. The Labute approximate surface area is 109 Å². The summed E-state index contributed by atoms with van der Waals surface area (Å²) in [4.78, 5) is 12.1. The number of phenols is 1. The van der Waals surface area contributed by atoms with Crippen LogP contribution in [0.25, 0.3) is 21.7 Å². The number of benzene rings is 2. The second-order valence-electron chi connectivity index (χ2n) is 5.02. The Morgan fingerprint density at radius 1 is 1.11 bits per heavy atom. The largest absolute Gasteiger partial charge is 0.507 e. The van der Waals surface area contributed by atoms with Gasteiger partial charge in [-0.3, -0.25) is 0 Å². The summed E-state index contributed by atoms with van der Waals surface area (Å²) >= 11 is 0. The predicted molar refractivity (Wildman–Crippen MR) is 73.7 cm³/mol. The van der Waals surface area contributed by atoms with Crippen molar-refractivity contribution in [3.8, 4) is 5.75 Å². The fourth-order valence-corrected chi connectivity index (χ4v) is 3.14. The van der Waals surface area contributed by atoms with Crippen LogP contribution in [0.1, 0.15) is 17.5 Å². The molecule has 1 aliphatic rings. The third kappa shape index (κ3) is 1.35. The standard InChI is InChI=1S/C16H12O3/c17-12-8-9-4-3-6-10(9)14-11-5-1-2-7-13(11)19-16(18)15(12)14/h1-2,5,7-8,17H,3-4,6H2. The van der Waals surface area contributed by atoms with E-state index in [1.807, 2.05) is 18.2 Å². The van der Waals surface area contributed by atoms with Gasteiger partial charge in [0.05, 0.1) is 0 Å². The molecule has 3 aromatic rings. The summed E-state index contributed by atoms with van der Waals surface area (Å²) in [6.07, 6.45) is 3.00. The van der Waals surface area contributed by atoms with Crippen molar-refractivity contribution in [3.63, 3.8) is 0 Å². The predicted octanol–water partition coefficient (Wildman–Crippen LogP) is 3.14.